The van der Waals surface area contributed by atoms with Gasteiger partial charge in [-0.15, -0.1) is 10.2 Å². The van der Waals surface area contributed by atoms with Crippen LogP contribution in [0.4, 0.5) is 5.69 Å². The summed E-state index contributed by atoms with van der Waals surface area (Å²) in [5, 5.41) is 20.2. The van der Waals surface area contributed by atoms with Gasteiger partial charge in [0, 0.05) is 22.4 Å². The maximum atomic E-state index is 12.8. The Bertz CT molecular complexity index is 1330. The van der Waals surface area contributed by atoms with E-state index in [1.54, 1.807) is 24.3 Å². The number of fused-ring (bicyclic) bond motifs is 3. The second-order valence-electron chi connectivity index (χ2n) is 11.1. The van der Waals surface area contributed by atoms with Gasteiger partial charge in [0.15, 0.2) is 5.69 Å². The maximum absolute atomic E-state index is 12.8. The van der Waals surface area contributed by atoms with Crippen LogP contribution in [0, 0.1) is 10.8 Å². The molecule has 1 aliphatic carbocycles. The third-order valence-electron chi connectivity index (χ3n) is 7.40. The van der Waals surface area contributed by atoms with E-state index >= 15 is 0 Å². The van der Waals surface area contributed by atoms with Crippen LogP contribution in [-0.4, -0.2) is 40.2 Å². The summed E-state index contributed by atoms with van der Waals surface area (Å²) < 4.78 is 8.03. The number of carbonyl (C=O) groups excluding carboxylic acids is 1. The molecule has 7 nitrogen and oxygen atoms in total. The molecule has 1 N–H and O–H groups in total. The van der Waals surface area contributed by atoms with Gasteiger partial charge in [-0.2, -0.15) is 0 Å². The smallest absolute Gasteiger partial charge is 0.299 e. The predicted molar refractivity (Wildman–Crippen MR) is 139 cm³/mol. The van der Waals surface area contributed by atoms with E-state index in [9.17, 15) is 9.90 Å². The molecule has 1 amide bonds. The second-order valence-corrected chi connectivity index (χ2v) is 12.0. The fourth-order valence-corrected chi connectivity index (χ4v) is 6.79. The number of likely N-dealkylation sites (tertiary alicyclic amines) is 1. The molecule has 1 saturated carbocycles. The summed E-state index contributed by atoms with van der Waals surface area (Å²) in [4.78, 5) is 15.3. The highest BCUT2D eigenvalue weighted by Crippen LogP contribution is 2.53. The van der Waals surface area contributed by atoms with Gasteiger partial charge in [0.05, 0.1) is 24.9 Å². The minimum atomic E-state index is -0.527. The Labute approximate surface area is 213 Å². The number of aromatic hydroxyl groups is 1. The lowest BCUT2D eigenvalue weighted by molar-refractivity contribution is 0.0992. The summed E-state index contributed by atoms with van der Waals surface area (Å²) in [5.41, 5.74) is 2.07. The van der Waals surface area contributed by atoms with Gasteiger partial charge in [-0.3, -0.25) is 14.3 Å². The topological polar surface area (TPSA) is 79.4 Å². The van der Waals surface area contributed by atoms with Crippen LogP contribution >= 0.6 is 15.9 Å². The number of rotatable bonds is 5. The first-order valence-electron chi connectivity index (χ1n) is 11.9. The van der Waals surface area contributed by atoms with Crippen molar-refractivity contribution in [3.05, 3.63) is 52.5 Å². The predicted octanol–water partition coefficient (Wildman–Crippen LogP) is 6.90. The van der Waals surface area contributed by atoms with E-state index in [1.165, 1.54) is 20.0 Å². The highest BCUT2D eigenvalue weighted by Gasteiger charge is 2.49. The molecule has 1 aromatic heterocycles. The number of amides is 1. The second kappa shape index (κ2) is 8.75. The van der Waals surface area contributed by atoms with Crippen LogP contribution in [-0.2, 0) is 6.67 Å². The van der Waals surface area contributed by atoms with Gasteiger partial charge in [0.1, 0.15) is 5.75 Å². The van der Waals surface area contributed by atoms with Gasteiger partial charge in [0.2, 0.25) is 5.88 Å². The van der Waals surface area contributed by atoms with E-state index in [1.807, 2.05) is 22.8 Å². The number of carbonyl (C=O) groups is 1. The zero-order valence-electron chi connectivity index (χ0n) is 20.6. The van der Waals surface area contributed by atoms with Crippen molar-refractivity contribution in [3.63, 3.8) is 0 Å². The molecule has 0 spiro atoms. The molecule has 1 unspecified atom stereocenters. The zero-order chi connectivity index (χ0) is 25.0. The van der Waals surface area contributed by atoms with E-state index in [0.717, 1.165) is 28.3 Å². The molecule has 2 bridgehead atoms. The fourth-order valence-electron chi connectivity index (χ4n) is 6.43. The van der Waals surface area contributed by atoms with E-state index in [4.69, 9.17) is 4.74 Å². The molecular weight excluding hydrogens is 508 g/mol. The summed E-state index contributed by atoms with van der Waals surface area (Å²) in [6.07, 6.45) is 3.54. The summed E-state index contributed by atoms with van der Waals surface area (Å²) in [6, 6.07) is 13.2. The number of ether oxygens (including phenoxy) is 1. The molecule has 2 atom stereocenters. The molecule has 8 heteroatoms. The Kier molecular flexibility index (Phi) is 6.00. The molecule has 0 radical (unpaired) electrons. The first-order valence-corrected chi connectivity index (χ1v) is 12.7. The summed E-state index contributed by atoms with van der Waals surface area (Å²) in [6.45, 7) is 8.67. The van der Waals surface area contributed by atoms with Gasteiger partial charge < -0.3 is 9.84 Å². The largest absolute Gasteiger partial charge is 0.496 e. The summed E-state index contributed by atoms with van der Waals surface area (Å²) >= 11 is 3.52. The van der Waals surface area contributed by atoms with E-state index in [2.05, 4.69) is 51.8 Å². The van der Waals surface area contributed by atoms with Crippen LogP contribution in [0.15, 0.2) is 57.2 Å². The number of hydrogen-bond donors (Lipinski definition) is 1. The lowest BCUT2D eigenvalue weighted by atomic mass is 9.65. The van der Waals surface area contributed by atoms with Crippen molar-refractivity contribution in [1.82, 2.24) is 9.47 Å². The summed E-state index contributed by atoms with van der Waals surface area (Å²) in [5.74, 6) is -0.0794. The number of benzene rings is 2. The Morgan fingerprint density at radius 1 is 1.20 bits per heavy atom. The first-order chi connectivity index (χ1) is 16.6. The normalized spacial score (nSPS) is 23.9. The van der Waals surface area contributed by atoms with Gasteiger partial charge in [-0.25, -0.2) is 0 Å². The van der Waals surface area contributed by atoms with E-state index < -0.39 is 5.91 Å². The monoisotopic (exact) mass is 538 g/mol. The van der Waals surface area contributed by atoms with E-state index in [-0.39, 0.29) is 11.3 Å². The molecule has 2 aliphatic rings. The molecule has 3 aromatic rings. The third-order valence-corrected chi connectivity index (χ3v) is 7.89. The molecule has 2 aromatic carbocycles. The third kappa shape index (κ3) is 4.49. The van der Waals surface area contributed by atoms with Crippen molar-refractivity contribution >= 4 is 38.4 Å². The van der Waals surface area contributed by atoms with Crippen LogP contribution in [0.2, 0.25) is 0 Å². The highest BCUT2D eigenvalue weighted by molar-refractivity contribution is 9.10. The molecule has 184 valence electrons. The average Bonchev–Trinajstić information content (AvgIpc) is 3.19. The van der Waals surface area contributed by atoms with Crippen LogP contribution in [0.5, 0.6) is 11.6 Å². The number of halogens is 1. The molecule has 1 aliphatic heterocycles. The number of nitrogens with zero attached hydrogens (tertiary/aromatic N) is 4. The number of methoxy groups -OCH3 is 1. The van der Waals surface area contributed by atoms with Gasteiger partial charge in [0.25, 0.3) is 5.91 Å². The van der Waals surface area contributed by atoms with Gasteiger partial charge >= 0.3 is 0 Å². The quantitative estimate of drug-likeness (QED) is 0.358. The van der Waals surface area contributed by atoms with E-state index in [0.29, 0.717) is 35.1 Å². The van der Waals surface area contributed by atoms with Crippen LogP contribution < -0.4 is 4.74 Å². The molecular formula is C27H31BrN4O3. The first kappa shape index (κ1) is 24.0. The summed E-state index contributed by atoms with van der Waals surface area (Å²) in [7, 11) is 1.51. The maximum Gasteiger partial charge on any atom is 0.299 e. The average molecular weight is 539 g/mol. The zero-order valence-corrected chi connectivity index (χ0v) is 22.2. The Morgan fingerprint density at radius 2 is 1.97 bits per heavy atom. The van der Waals surface area contributed by atoms with Crippen molar-refractivity contribution in [2.24, 2.45) is 21.1 Å². The molecule has 5 rings (SSSR count). The molecule has 2 heterocycles. The molecule has 2 fully saturated rings. The Hall–Kier alpha value is -2.71. The molecule has 35 heavy (non-hydrogen) atoms. The number of hydrogen-bond acceptors (Lipinski definition) is 5. The van der Waals surface area contributed by atoms with Crippen molar-refractivity contribution in [2.75, 3.05) is 13.7 Å². The Morgan fingerprint density at radius 3 is 2.74 bits per heavy atom. The highest BCUT2D eigenvalue weighted by atomic mass is 79.9. The van der Waals surface area contributed by atoms with Crippen molar-refractivity contribution in [1.29, 1.82) is 0 Å². The lowest BCUT2D eigenvalue weighted by Crippen LogP contribution is -2.35. The number of aromatic nitrogens is 1. The molecule has 1 saturated heterocycles. The number of para-hydroxylation sites is 1. The van der Waals surface area contributed by atoms with Gasteiger partial charge in [-0.1, -0.05) is 48.8 Å². The number of azo groups is 1. The van der Waals surface area contributed by atoms with Crippen LogP contribution in [0.3, 0.4) is 0 Å². The lowest BCUT2D eigenvalue weighted by Gasteiger charge is -2.40. The minimum absolute atomic E-state index is 0.0144. The Balaban J connectivity index is 1.50. The van der Waals surface area contributed by atoms with Crippen LogP contribution in [0.25, 0.3) is 10.9 Å². The fraction of sp³-hybridized carbons (Fsp3) is 0.444. The van der Waals surface area contributed by atoms with Crippen LogP contribution in [0.1, 0.15) is 50.4 Å². The van der Waals surface area contributed by atoms with Gasteiger partial charge in [-0.05, 0) is 60.4 Å². The van der Waals surface area contributed by atoms with Crippen molar-refractivity contribution in [3.8, 4) is 11.6 Å². The van der Waals surface area contributed by atoms with Crippen molar-refractivity contribution in [2.45, 2.75) is 52.7 Å². The standard InChI is InChI=1S/C27H31BrN4O3/c1-26(2)12-18-13-27(3,14-26)15-31(18)16-32-21-10-9-17(28)11-20(21)23(25(32)34)29-30-24(33)19-7-5-6-8-22(19)35-4/h5-11,18,34H,12-16H2,1-4H3/t18-,27?/m1/s1. The SMILES string of the molecule is COc1ccccc1C(=O)N=Nc1c(O)n(CN2CC3(C)C[C@H]2CC(C)(C)C3)c2ccc(Br)cc12. The minimum Gasteiger partial charge on any atom is -0.496 e. The van der Waals surface area contributed by atoms with Crippen molar-refractivity contribution < 1.29 is 14.6 Å².